The lowest BCUT2D eigenvalue weighted by atomic mass is 10.1. The number of carbonyl (C=O) groups is 2. The molecule has 0 bridgehead atoms. The highest BCUT2D eigenvalue weighted by atomic mass is 35.5. The predicted octanol–water partition coefficient (Wildman–Crippen LogP) is 2.32. The van der Waals surface area contributed by atoms with Gasteiger partial charge in [-0.1, -0.05) is 11.6 Å². The standard InChI is InChI=1S/C14H17ClN2O4/c1-2-21-14(20)17-7-5-16(6-8-17)12-9-10(15)3-4-11(12)13(18)19/h3-4,9H,2,5-8H2,1H3,(H,18,19). The molecule has 114 valence electrons. The van der Waals surface area contributed by atoms with Crippen LogP contribution in [0.15, 0.2) is 18.2 Å². The van der Waals surface area contributed by atoms with Crippen molar-refractivity contribution in [2.24, 2.45) is 0 Å². The van der Waals surface area contributed by atoms with E-state index in [4.69, 9.17) is 16.3 Å². The van der Waals surface area contributed by atoms with Crippen LogP contribution in [0.1, 0.15) is 17.3 Å². The molecule has 0 unspecified atom stereocenters. The molecule has 1 amide bonds. The van der Waals surface area contributed by atoms with Gasteiger partial charge in [0.2, 0.25) is 0 Å². The molecule has 21 heavy (non-hydrogen) atoms. The Morgan fingerprint density at radius 2 is 1.95 bits per heavy atom. The molecule has 2 rings (SSSR count). The lowest BCUT2D eigenvalue weighted by molar-refractivity contribution is 0.0696. The van der Waals surface area contributed by atoms with E-state index in [1.54, 1.807) is 24.0 Å². The van der Waals surface area contributed by atoms with E-state index in [2.05, 4.69) is 0 Å². The average molecular weight is 313 g/mol. The molecular weight excluding hydrogens is 296 g/mol. The summed E-state index contributed by atoms with van der Waals surface area (Å²) in [5.41, 5.74) is 0.794. The molecule has 1 saturated heterocycles. The minimum Gasteiger partial charge on any atom is -0.478 e. The van der Waals surface area contributed by atoms with E-state index >= 15 is 0 Å². The number of carboxylic acids is 1. The Hall–Kier alpha value is -1.95. The van der Waals surface area contributed by atoms with Crippen molar-refractivity contribution in [3.8, 4) is 0 Å². The molecule has 6 nitrogen and oxygen atoms in total. The van der Waals surface area contributed by atoms with Crippen LogP contribution in [0, 0.1) is 0 Å². The summed E-state index contributed by atoms with van der Waals surface area (Å²) in [4.78, 5) is 26.5. The van der Waals surface area contributed by atoms with Gasteiger partial charge in [-0.25, -0.2) is 9.59 Å². The number of carboxylic acid groups (broad SMARTS) is 1. The predicted molar refractivity (Wildman–Crippen MR) is 79.2 cm³/mol. The zero-order chi connectivity index (χ0) is 15.4. The maximum atomic E-state index is 11.6. The number of halogens is 1. The summed E-state index contributed by atoms with van der Waals surface area (Å²) in [7, 11) is 0. The fourth-order valence-corrected chi connectivity index (χ4v) is 2.46. The van der Waals surface area contributed by atoms with Crippen molar-refractivity contribution in [3.63, 3.8) is 0 Å². The van der Waals surface area contributed by atoms with Crippen molar-refractivity contribution in [2.45, 2.75) is 6.92 Å². The molecule has 1 aromatic carbocycles. The average Bonchev–Trinajstić information content (AvgIpc) is 2.47. The third kappa shape index (κ3) is 3.58. The van der Waals surface area contributed by atoms with E-state index in [0.29, 0.717) is 43.5 Å². The maximum Gasteiger partial charge on any atom is 0.409 e. The van der Waals surface area contributed by atoms with Gasteiger partial charge in [-0.15, -0.1) is 0 Å². The Morgan fingerprint density at radius 3 is 2.52 bits per heavy atom. The summed E-state index contributed by atoms with van der Waals surface area (Å²) in [5.74, 6) is -0.991. The highest BCUT2D eigenvalue weighted by Gasteiger charge is 2.24. The van der Waals surface area contributed by atoms with E-state index in [1.165, 1.54) is 6.07 Å². The van der Waals surface area contributed by atoms with Crippen LogP contribution in [0.4, 0.5) is 10.5 Å². The number of ether oxygens (including phenoxy) is 1. The molecule has 0 radical (unpaired) electrons. The van der Waals surface area contributed by atoms with Gasteiger partial charge < -0.3 is 19.6 Å². The smallest absolute Gasteiger partial charge is 0.409 e. The Bertz CT molecular complexity index is 542. The van der Waals surface area contributed by atoms with Gasteiger partial charge in [0.15, 0.2) is 0 Å². The fourth-order valence-electron chi connectivity index (χ4n) is 2.29. The Kier molecular flexibility index (Phi) is 4.90. The summed E-state index contributed by atoms with van der Waals surface area (Å²) in [6.45, 7) is 4.17. The molecule has 1 heterocycles. The Labute approximate surface area is 127 Å². The summed E-state index contributed by atoms with van der Waals surface area (Å²) >= 11 is 5.96. The first kappa shape index (κ1) is 15.4. The normalized spacial score (nSPS) is 15.0. The quantitative estimate of drug-likeness (QED) is 0.927. The van der Waals surface area contributed by atoms with Gasteiger partial charge in [-0.05, 0) is 25.1 Å². The highest BCUT2D eigenvalue weighted by Crippen LogP contribution is 2.26. The number of aromatic carboxylic acids is 1. The van der Waals surface area contributed by atoms with Crippen molar-refractivity contribution >= 4 is 29.4 Å². The Morgan fingerprint density at radius 1 is 1.29 bits per heavy atom. The number of nitrogens with zero attached hydrogens (tertiary/aromatic N) is 2. The zero-order valence-electron chi connectivity index (χ0n) is 11.7. The number of carbonyl (C=O) groups excluding carboxylic acids is 1. The number of hydrogen-bond donors (Lipinski definition) is 1. The van der Waals surface area contributed by atoms with Crippen LogP contribution < -0.4 is 4.90 Å². The van der Waals surface area contributed by atoms with Gasteiger partial charge in [0.1, 0.15) is 0 Å². The number of rotatable bonds is 3. The van der Waals surface area contributed by atoms with Crippen molar-refractivity contribution in [1.29, 1.82) is 0 Å². The van der Waals surface area contributed by atoms with E-state index in [0.717, 1.165) is 0 Å². The minimum atomic E-state index is -0.991. The van der Waals surface area contributed by atoms with Crippen LogP contribution in [-0.2, 0) is 4.74 Å². The summed E-state index contributed by atoms with van der Waals surface area (Å²) in [5, 5.41) is 9.73. The number of anilines is 1. The Balaban J connectivity index is 2.10. The first-order chi connectivity index (χ1) is 10.0. The topological polar surface area (TPSA) is 70.1 Å². The molecule has 0 atom stereocenters. The molecule has 0 saturated carbocycles. The van der Waals surface area contributed by atoms with Gasteiger partial charge in [0, 0.05) is 31.2 Å². The molecule has 1 aromatic rings. The molecule has 1 fully saturated rings. The summed E-state index contributed by atoms with van der Waals surface area (Å²) in [6.07, 6.45) is -0.332. The van der Waals surface area contributed by atoms with Gasteiger partial charge in [-0.2, -0.15) is 0 Å². The van der Waals surface area contributed by atoms with Gasteiger partial charge >= 0.3 is 12.1 Å². The number of benzene rings is 1. The van der Waals surface area contributed by atoms with Crippen LogP contribution in [0.3, 0.4) is 0 Å². The second-order valence-electron chi connectivity index (χ2n) is 4.64. The number of amides is 1. The fraction of sp³-hybridized carbons (Fsp3) is 0.429. The lowest BCUT2D eigenvalue weighted by Crippen LogP contribution is -2.49. The van der Waals surface area contributed by atoms with Crippen LogP contribution in [0.25, 0.3) is 0 Å². The van der Waals surface area contributed by atoms with Crippen molar-refractivity contribution in [2.75, 3.05) is 37.7 Å². The van der Waals surface area contributed by atoms with Gasteiger partial charge in [-0.3, -0.25) is 0 Å². The molecular formula is C14H17ClN2O4. The van der Waals surface area contributed by atoms with Gasteiger partial charge in [0.25, 0.3) is 0 Å². The monoisotopic (exact) mass is 312 g/mol. The van der Waals surface area contributed by atoms with Crippen LogP contribution >= 0.6 is 11.6 Å². The van der Waals surface area contributed by atoms with Crippen LogP contribution in [0.2, 0.25) is 5.02 Å². The highest BCUT2D eigenvalue weighted by molar-refractivity contribution is 6.31. The van der Waals surface area contributed by atoms with E-state index in [-0.39, 0.29) is 11.7 Å². The first-order valence-corrected chi connectivity index (χ1v) is 7.10. The molecule has 0 spiro atoms. The number of piperazine rings is 1. The third-order valence-electron chi connectivity index (χ3n) is 3.34. The molecule has 0 aromatic heterocycles. The van der Waals surface area contributed by atoms with Crippen molar-refractivity contribution < 1.29 is 19.4 Å². The molecule has 1 aliphatic heterocycles. The van der Waals surface area contributed by atoms with Crippen LogP contribution in [0.5, 0.6) is 0 Å². The summed E-state index contributed by atoms with van der Waals surface area (Å²) in [6, 6.07) is 4.70. The van der Waals surface area contributed by atoms with Crippen LogP contribution in [-0.4, -0.2) is 54.9 Å². The van der Waals surface area contributed by atoms with Crippen molar-refractivity contribution in [3.05, 3.63) is 28.8 Å². The molecule has 0 aliphatic carbocycles. The van der Waals surface area contributed by atoms with Crippen molar-refractivity contribution in [1.82, 2.24) is 4.90 Å². The second kappa shape index (κ2) is 6.67. The SMILES string of the molecule is CCOC(=O)N1CCN(c2cc(Cl)ccc2C(=O)O)CC1. The number of hydrogen-bond acceptors (Lipinski definition) is 4. The molecule has 1 aliphatic rings. The van der Waals surface area contributed by atoms with E-state index in [1.807, 2.05) is 4.90 Å². The largest absolute Gasteiger partial charge is 0.478 e. The lowest BCUT2D eigenvalue weighted by Gasteiger charge is -2.36. The molecule has 7 heteroatoms. The van der Waals surface area contributed by atoms with E-state index < -0.39 is 5.97 Å². The van der Waals surface area contributed by atoms with Gasteiger partial charge in [0.05, 0.1) is 17.9 Å². The second-order valence-corrected chi connectivity index (χ2v) is 5.08. The third-order valence-corrected chi connectivity index (χ3v) is 3.57. The zero-order valence-corrected chi connectivity index (χ0v) is 12.5. The minimum absolute atomic E-state index is 0.212. The maximum absolute atomic E-state index is 11.6. The first-order valence-electron chi connectivity index (χ1n) is 6.72. The molecule has 1 N–H and O–H groups in total. The summed E-state index contributed by atoms with van der Waals surface area (Å²) < 4.78 is 4.96. The van der Waals surface area contributed by atoms with E-state index in [9.17, 15) is 14.7 Å².